The van der Waals surface area contributed by atoms with Gasteiger partial charge in [-0.15, -0.1) is 0 Å². The predicted octanol–water partition coefficient (Wildman–Crippen LogP) is 2.63. The monoisotopic (exact) mass is 294 g/mol. The summed E-state index contributed by atoms with van der Waals surface area (Å²) in [4.78, 5) is 14.5. The Labute approximate surface area is 125 Å². The molecule has 0 unspecified atom stereocenters. The number of carbonyl (C=O) groups is 1. The van der Waals surface area contributed by atoms with Crippen LogP contribution in [0.2, 0.25) is 0 Å². The molecule has 0 aromatic heterocycles. The number of halogens is 1. The number of aliphatic hydroxyl groups is 1. The second kappa shape index (κ2) is 7.41. The molecule has 1 fully saturated rings. The molecule has 2 rings (SSSR count). The first-order chi connectivity index (χ1) is 10.2. The zero-order chi connectivity index (χ0) is 15.2. The van der Waals surface area contributed by atoms with Gasteiger partial charge in [0.15, 0.2) is 0 Å². The van der Waals surface area contributed by atoms with Crippen molar-refractivity contribution >= 4 is 11.6 Å². The lowest BCUT2D eigenvalue weighted by Crippen LogP contribution is -2.41. The van der Waals surface area contributed by atoms with E-state index in [9.17, 15) is 14.3 Å². The minimum atomic E-state index is -0.418. The predicted molar refractivity (Wildman–Crippen MR) is 80.9 cm³/mol. The van der Waals surface area contributed by atoms with Crippen molar-refractivity contribution in [3.63, 3.8) is 0 Å². The number of rotatable bonds is 6. The largest absolute Gasteiger partial charge is 0.395 e. The van der Waals surface area contributed by atoms with Gasteiger partial charge in [0, 0.05) is 19.1 Å². The summed E-state index contributed by atoms with van der Waals surface area (Å²) in [6, 6.07) is 4.70. The van der Waals surface area contributed by atoms with Gasteiger partial charge in [-0.2, -0.15) is 0 Å². The second-order valence-electron chi connectivity index (χ2n) is 5.35. The summed E-state index contributed by atoms with van der Waals surface area (Å²) in [5.41, 5.74) is 0.600. The molecule has 0 spiro atoms. The van der Waals surface area contributed by atoms with E-state index in [1.807, 2.05) is 6.92 Å². The number of amides is 1. The van der Waals surface area contributed by atoms with E-state index >= 15 is 0 Å². The van der Waals surface area contributed by atoms with Gasteiger partial charge in [0.05, 0.1) is 17.9 Å². The molecule has 0 radical (unpaired) electrons. The highest BCUT2D eigenvalue weighted by atomic mass is 19.1. The van der Waals surface area contributed by atoms with Crippen molar-refractivity contribution in [2.75, 3.05) is 25.0 Å². The van der Waals surface area contributed by atoms with Gasteiger partial charge in [-0.3, -0.25) is 4.79 Å². The lowest BCUT2D eigenvalue weighted by Gasteiger charge is -2.29. The van der Waals surface area contributed by atoms with Gasteiger partial charge < -0.3 is 15.3 Å². The van der Waals surface area contributed by atoms with Crippen molar-refractivity contribution in [3.05, 3.63) is 29.6 Å². The smallest absolute Gasteiger partial charge is 0.256 e. The van der Waals surface area contributed by atoms with Gasteiger partial charge in [0.1, 0.15) is 5.82 Å². The quantitative estimate of drug-likeness (QED) is 0.848. The van der Waals surface area contributed by atoms with E-state index in [1.165, 1.54) is 6.07 Å². The minimum Gasteiger partial charge on any atom is -0.395 e. The molecule has 0 atom stereocenters. The number of nitrogens with one attached hydrogen (secondary N) is 1. The maximum absolute atomic E-state index is 13.9. The molecular formula is C16H23FN2O2. The van der Waals surface area contributed by atoms with Crippen LogP contribution in [0.4, 0.5) is 10.1 Å². The third-order valence-electron chi connectivity index (χ3n) is 3.96. The van der Waals surface area contributed by atoms with Crippen molar-refractivity contribution in [3.8, 4) is 0 Å². The summed E-state index contributed by atoms with van der Waals surface area (Å²) in [6.07, 6.45) is 4.11. The van der Waals surface area contributed by atoms with Gasteiger partial charge in [0.25, 0.3) is 5.91 Å². The maximum atomic E-state index is 13.9. The molecule has 0 bridgehead atoms. The van der Waals surface area contributed by atoms with E-state index in [4.69, 9.17) is 0 Å². The maximum Gasteiger partial charge on any atom is 0.256 e. The summed E-state index contributed by atoms with van der Waals surface area (Å²) in [6.45, 7) is 2.63. The molecule has 1 aliphatic carbocycles. The number of hydrogen-bond acceptors (Lipinski definition) is 3. The van der Waals surface area contributed by atoms with Crippen LogP contribution in [0.1, 0.15) is 43.0 Å². The van der Waals surface area contributed by atoms with E-state index in [2.05, 4.69) is 5.32 Å². The molecule has 1 aromatic rings. The highest BCUT2D eigenvalue weighted by Crippen LogP contribution is 2.27. The Hall–Kier alpha value is -1.62. The van der Waals surface area contributed by atoms with E-state index in [0.717, 1.165) is 25.7 Å². The Kier molecular flexibility index (Phi) is 5.56. The SMILES string of the molecule is CCNc1c(F)cccc1C(=O)N(CCO)C1CCCC1. The van der Waals surface area contributed by atoms with Crippen LogP contribution >= 0.6 is 0 Å². The molecule has 21 heavy (non-hydrogen) atoms. The van der Waals surface area contributed by atoms with Crippen molar-refractivity contribution in [1.82, 2.24) is 4.90 Å². The molecule has 4 nitrogen and oxygen atoms in total. The number of carbonyl (C=O) groups excluding carboxylic acids is 1. The lowest BCUT2D eigenvalue weighted by atomic mass is 10.1. The van der Waals surface area contributed by atoms with Gasteiger partial charge in [-0.1, -0.05) is 18.9 Å². The van der Waals surface area contributed by atoms with Crippen LogP contribution in [0.5, 0.6) is 0 Å². The normalized spacial score (nSPS) is 15.2. The molecule has 5 heteroatoms. The standard InChI is InChI=1S/C16H23FN2O2/c1-2-18-15-13(8-5-9-14(15)17)16(21)19(10-11-20)12-6-3-4-7-12/h5,8-9,12,18,20H,2-4,6-7,10-11H2,1H3. The van der Waals surface area contributed by atoms with Gasteiger partial charge in [0.2, 0.25) is 0 Å². The second-order valence-corrected chi connectivity index (χ2v) is 5.35. The van der Waals surface area contributed by atoms with Crippen LogP contribution in [0, 0.1) is 5.82 Å². The molecular weight excluding hydrogens is 271 g/mol. The molecule has 1 aromatic carbocycles. The zero-order valence-electron chi connectivity index (χ0n) is 12.4. The third kappa shape index (κ3) is 3.53. The molecule has 116 valence electrons. The molecule has 0 saturated heterocycles. The van der Waals surface area contributed by atoms with Crippen molar-refractivity contribution < 1.29 is 14.3 Å². The van der Waals surface area contributed by atoms with Crippen LogP contribution in [0.15, 0.2) is 18.2 Å². The summed E-state index contributed by atoms with van der Waals surface area (Å²) >= 11 is 0. The Morgan fingerprint density at radius 2 is 2.14 bits per heavy atom. The van der Waals surface area contributed by atoms with E-state index in [1.54, 1.807) is 17.0 Å². The van der Waals surface area contributed by atoms with Crippen LogP contribution in [-0.4, -0.2) is 41.7 Å². The van der Waals surface area contributed by atoms with Gasteiger partial charge >= 0.3 is 0 Å². The average molecular weight is 294 g/mol. The fourth-order valence-corrected chi connectivity index (χ4v) is 2.99. The first-order valence-corrected chi connectivity index (χ1v) is 7.63. The highest BCUT2D eigenvalue weighted by Gasteiger charge is 2.28. The summed E-state index contributed by atoms with van der Waals surface area (Å²) in [5, 5.41) is 12.2. The Bertz CT molecular complexity index is 487. The van der Waals surface area contributed by atoms with E-state index in [-0.39, 0.29) is 24.2 Å². The lowest BCUT2D eigenvalue weighted by molar-refractivity contribution is 0.0638. The molecule has 1 amide bonds. The Morgan fingerprint density at radius 1 is 1.43 bits per heavy atom. The number of benzene rings is 1. The first-order valence-electron chi connectivity index (χ1n) is 7.63. The number of para-hydroxylation sites is 1. The molecule has 1 saturated carbocycles. The summed E-state index contributed by atoms with van der Waals surface area (Å²) in [7, 11) is 0. The number of aliphatic hydroxyl groups excluding tert-OH is 1. The summed E-state index contributed by atoms with van der Waals surface area (Å²) in [5.74, 6) is -0.621. The number of nitrogens with zero attached hydrogens (tertiary/aromatic N) is 1. The Morgan fingerprint density at radius 3 is 2.76 bits per heavy atom. The molecule has 1 aliphatic rings. The zero-order valence-corrected chi connectivity index (χ0v) is 12.4. The number of anilines is 1. The highest BCUT2D eigenvalue weighted by molar-refractivity contribution is 6.00. The van der Waals surface area contributed by atoms with Crippen LogP contribution < -0.4 is 5.32 Å². The topological polar surface area (TPSA) is 52.6 Å². The Balaban J connectivity index is 2.29. The van der Waals surface area contributed by atoms with Crippen molar-refractivity contribution in [1.29, 1.82) is 0 Å². The molecule has 2 N–H and O–H groups in total. The molecule has 0 aliphatic heterocycles. The average Bonchev–Trinajstić information content (AvgIpc) is 3.00. The van der Waals surface area contributed by atoms with Crippen LogP contribution in [0.3, 0.4) is 0 Å². The van der Waals surface area contributed by atoms with Crippen molar-refractivity contribution in [2.24, 2.45) is 0 Å². The fourth-order valence-electron chi connectivity index (χ4n) is 2.99. The van der Waals surface area contributed by atoms with Crippen molar-refractivity contribution in [2.45, 2.75) is 38.6 Å². The van der Waals surface area contributed by atoms with Gasteiger partial charge in [-0.05, 0) is 31.9 Å². The fraction of sp³-hybridized carbons (Fsp3) is 0.562. The first kappa shape index (κ1) is 15.8. The van der Waals surface area contributed by atoms with Crippen LogP contribution in [-0.2, 0) is 0 Å². The van der Waals surface area contributed by atoms with Crippen LogP contribution in [0.25, 0.3) is 0 Å². The number of hydrogen-bond donors (Lipinski definition) is 2. The summed E-state index contributed by atoms with van der Waals surface area (Å²) < 4.78 is 13.9. The third-order valence-corrected chi connectivity index (χ3v) is 3.96. The minimum absolute atomic E-state index is 0.0753. The van der Waals surface area contributed by atoms with Gasteiger partial charge in [-0.25, -0.2) is 4.39 Å². The molecule has 0 heterocycles. The van der Waals surface area contributed by atoms with E-state index in [0.29, 0.717) is 18.7 Å². The van der Waals surface area contributed by atoms with E-state index < -0.39 is 5.82 Å².